The predicted molar refractivity (Wildman–Crippen MR) is 85.7 cm³/mol. The van der Waals surface area contributed by atoms with Crippen LogP contribution in [0.5, 0.6) is 0 Å². The van der Waals surface area contributed by atoms with Crippen molar-refractivity contribution in [3.63, 3.8) is 0 Å². The standard InChI is InChI=1S/C19H26N/c1-6-16-12-19(18-10-8-7-9-15(18)4)20(5)13-17(16)11-14(2)3/h7-10,12-14H,6,11H2,1-5H3/q+1. The van der Waals surface area contributed by atoms with Crippen molar-refractivity contribution in [1.29, 1.82) is 0 Å². The number of aryl methyl sites for hydroxylation is 3. The molecule has 0 saturated heterocycles. The third-order valence-corrected chi connectivity index (χ3v) is 3.88. The van der Waals surface area contributed by atoms with Gasteiger partial charge in [0.25, 0.3) is 0 Å². The first-order valence-electron chi connectivity index (χ1n) is 7.60. The van der Waals surface area contributed by atoms with Gasteiger partial charge in [0.1, 0.15) is 7.05 Å². The summed E-state index contributed by atoms with van der Waals surface area (Å²) in [5.41, 5.74) is 6.95. The van der Waals surface area contributed by atoms with Gasteiger partial charge < -0.3 is 0 Å². The fraction of sp³-hybridized carbons (Fsp3) is 0.421. The van der Waals surface area contributed by atoms with E-state index in [9.17, 15) is 0 Å². The lowest BCUT2D eigenvalue weighted by atomic mass is 9.95. The molecule has 0 saturated carbocycles. The molecular formula is C19H26N+. The molecular weight excluding hydrogens is 242 g/mol. The summed E-state index contributed by atoms with van der Waals surface area (Å²) in [6.45, 7) is 9.01. The zero-order valence-corrected chi connectivity index (χ0v) is 13.4. The fourth-order valence-corrected chi connectivity index (χ4v) is 2.83. The molecule has 1 aromatic carbocycles. The van der Waals surface area contributed by atoms with Gasteiger partial charge in [-0.1, -0.05) is 39.0 Å². The van der Waals surface area contributed by atoms with Gasteiger partial charge >= 0.3 is 0 Å². The van der Waals surface area contributed by atoms with Crippen LogP contribution < -0.4 is 4.57 Å². The average Bonchev–Trinajstić information content (AvgIpc) is 2.39. The Hall–Kier alpha value is -1.63. The quantitative estimate of drug-likeness (QED) is 0.730. The van der Waals surface area contributed by atoms with Crippen LogP contribution in [0.15, 0.2) is 36.5 Å². The van der Waals surface area contributed by atoms with Crippen molar-refractivity contribution in [3.05, 3.63) is 53.2 Å². The van der Waals surface area contributed by atoms with Crippen LogP contribution in [0.2, 0.25) is 0 Å². The van der Waals surface area contributed by atoms with E-state index in [1.54, 1.807) is 0 Å². The molecule has 2 aromatic rings. The molecule has 0 atom stereocenters. The molecule has 0 bridgehead atoms. The molecule has 2 rings (SSSR count). The molecule has 0 N–H and O–H groups in total. The van der Waals surface area contributed by atoms with Gasteiger partial charge in [-0.3, -0.25) is 0 Å². The van der Waals surface area contributed by atoms with Crippen LogP contribution in [0.3, 0.4) is 0 Å². The zero-order chi connectivity index (χ0) is 14.7. The van der Waals surface area contributed by atoms with Crippen molar-refractivity contribution in [2.75, 3.05) is 0 Å². The highest BCUT2D eigenvalue weighted by Gasteiger charge is 2.16. The Morgan fingerprint density at radius 3 is 2.40 bits per heavy atom. The normalized spacial score (nSPS) is 11.1. The summed E-state index contributed by atoms with van der Waals surface area (Å²) in [6, 6.07) is 11.0. The number of rotatable bonds is 4. The van der Waals surface area contributed by atoms with Gasteiger partial charge in [0.05, 0.1) is 0 Å². The first-order chi connectivity index (χ1) is 9.52. The maximum atomic E-state index is 2.38. The third-order valence-electron chi connectivity index (χ3n) is 3.88. The van der Waals surface area contributed by atoms with Gasteiger partial charge in [-0.05, 0) is 42.9 Å². The summed E-state index contributed by atoms with van der Waals surface area (Å²) < 4.78 is 2.28. The van der Waals surface area contributed by atoms with Gasteiger partial charge in [-0.2, -0.15) is 0 Å². The lowest BCUT2D eigenvalue weighted by molar-refractivity contribution is -0.660. The molecule has 1 nitrogen and oxygen atoms in total. The lowest BCUT2D eigenvalue weighted by Crippen LogP contribution is -2.32. The van der Waals surface area contributed by atoms with Gasteiger partial charge in [0.15, 0.2) is 6.20 Å². The number of aromatic nitrogens is 1. The molecule has 0 aliphatic rings. The van der Waals surface area contributed by atoms with Gasteiger partial charge in [0.2, 0.25) is 5.69 Å². The van der Waals surface area contributed by atoms with Crippen molar-refractivity contribution in [1.82, 2.24) is 0 Å². The summed E-state index contributed by atoms with van der Waals surface area (Å²) in [5, 5.41) is 0. The smallest absolute Gasteiger partial charge is 0.201 e. The molecule has 0 unspecified atom stereocenters. The van der Waals surface area contributed by atoms with E-state index in [1.165, 1.54) is 27.9 Å². The second-order valence-corrected chi connectivity index (χ2v) is 6.09. The van der Waals surface area contributed by atoms with E-state index in [0.29, 0.717) is 5.92 Å². The maximum absolute atomic E-state index is 2.38. The Balaban J connectivity index is 2.54. The van der Waals surface area contributed by atoms with Crippen LogP contribution in [0, 0.1) is 12.8 Å². The minimum Gasteiger partial charge on any atom is -0.201 e. The van der Waals surface area contributed by atoms with Crippen LogP contribution in [0.1, 0.15) is 37.5 Å². The number of hydrogen-bond acceptors (Lipinski definition) is 0. The maximum Gasteiger partial charge on any atom is 0.212 e. The molecule has 0 fully saturated rings. The molecule has 1 heteroatoms. The molecule has 0 radical (unpaired) electrons. The molecule has 106 valence electrons. The number of nitrogens with zero attached hydrogens (tertiary/aromatic N) is 1. The molecule has 1 heterocycles. The van der Waals surface area contributed by atoms with Crippen LogP contribution >= 0.6 is 0 Å². The van der Waals surface area contributed by atoms with Crippen molar-refractivity contribution >= 4 is 0 Å². The van der Waals surface area contributed by atoms with Gasteiger partial charge in [-0.15, -0.1) is 0 Å². The molecule has 0 aliphatic heterocycles. The molecule has 0 amide bonds. The number of pyridine rings is 1. The largest absolute Gasteiger partial charge is 0.212 e. The van der Waals surface area contributed by atoms with E-state index in [1.807, 2.05) is 0 Å². The highest BCUT2D eigenvalue weighted by atomic mass is 14.9. The first-order valence-corrected chi connectivity index (χ1v) is 7.60. The van der Waals surface area contributed by atoms with Crippen LogP contribution in [0.4, 0.5) is 0 Å². The number of benzene rings is 1. The average molecular weight is 268 g/mol. The van der Waals surface area contributed by atoms with Crippen molar-refractivity contribution < 1.29 is 4.57 Å². The van der Waals surface area contributed by atoms with Crippen molar-refractivity contribution in [3.8, 4) is 11.3 Å². The summed E-state index contributed by atoms with van der Waals surface area (Å²) in [6.07, 6.45) is 4.58. The Morgan fingerprint density at radius 2 is 1.80 bits per heavy atom. The predicted octanol–water partition coefficient (Wildman–Crippen LogP) is 4.25. The molecule has 20 heavy (non-hydrogen) atoms. The second-order valence-electron chi connectivity index (χ2n) is 6.09. The Morgan fingerprint density at radius 1 is 1.10 bits per heavy atom. The van der Waals surface area contributed by atoms with E-state index in [2.05, 4.69) is 75.8 Å². The Bertz CT molecular complexity index is 597. The van der Waals surface area contributed by atoms with E-state index in [0.717, 1.165) is 12.8 Å². The van der Waals surface area contributed by atoms with Gasteiger partial charge in [0, 0.05) is 17.2 Å². The Kier molecular flexibility index (Phi) is 4.59. The molecule has 0 aliphatic carbocycles. The van der Waals surface area contributed by atoms with Crippen molar-refractivity contribution in [2.45, 2.75) is 40.5 Å². The van der Waals surface area contributed by atoms with Crippen LogP contribution in [0.25, 0.3) is 11.3 Å². The summed E-state index contributed by atoms with van der Waals surface area (Å²) in [4.78, 5) is 0. The first kappa shape index (κ1) is 14.8. The van der Waals surface area contributed by atoms with Crippen LogP contribution in [-0.2, 0) is 19.9 Å². The Labute approximate surface area is 123 Å². The van der Waals surface area contributed by atoms with E-state index < -0.39 is 0 Å². The van der Waals surface area contributed by atoms with E-state index in [4.69, 9.17) is 0 Å². The lowest BCUT2D eigenvalue weighted by Gasteiger charge is -2.12. The minimum absolute atomic E-state index is 0.699. The van der Waals surface area contributed by atoms with Crippen LogP contribution in [-0.4, -0.2) is 0 Å². The van der Waals surface area contributed by atoms with E-state index >= 15 is 0 Å². The summed E-state index contributed by atoms with van der Waals surface area (Å²) in [5.74, 6) is 0.699. The zero-order valence-electron chi connectivity index (χ0n) is 13.4. The van der Waals surface area contributed by atoms with E-state index in [-0.39, 0.29) is 0 Å². The van der Waals surface area contributed by atoms with Gasteiger partial charge in [-0.25, -0.2) is 4.57 Å². The third kappa shape index (κ3) is 3.09. The summed E-state index contributed by atoms with van der Waals surface area (Å²) in [7, 11) is 2.16. The SMILES string of the molecule is CCc1cc(-c2ccccc2C)[n+](C)cc1CC(C)C. The minimum atomic E-state index is 0.699. The molecule has 0 spiro atoms. The second kappa shape index (κ2) is 6.21. The summed E-state index contributed by atoms with van der Waals surface area (Å²) >= 11 is 0. The molecule has 1 aromatic heterocycles. The highest BCUT2D eigenvalue weighted by Crippen LogP contribution is 2.23. The fourth-order valence-electron chi connectivity index (χ4n) is 2.83. The highest BCUT2D eigenvalue weighted by molar-refractivity contribution is 5.61. The monoisotopic (exact) mass is 268 g/mol. The topological polar surface area (TPSA) is 3.88 Å². The van der Waals surface area contributed by atoms with Crippen molar-refractivity contribution in [2.24, 2.45) is 13.0 Å². The number of hydrogen-bond donors (Lipinski definition) is 0.